The first-order valence-corrected chi connectivity index (χ1v) is 8.69. The molecule has 0 aliphatic heterocycles. The summed E-state index contributed by atoms with van der Waals surface area (Å²) in [6.45, 7) is 0. The molecule has 0 bridgehead atoms. The Hall–Kier alpha value is -2.45. The van der Waals surface area contributed by atoms with Gasteiger partial charge in [-0.05, 0) is 48.5 Å². The number of rotatable bonds is 3. The number of anilines is 1. The molecule has 3 aromatic rings. The molecule has 25 heavy (non-hydrogen) atoms. The van der Waals surface area contributed by atoms with Crippen LogP contribution in [0.2, 0.25) is 0 Å². The lowest BCUT2D eigenvalue weighted by atomic mass is 10.3. The van der Waals surface area contributed by atoms with Crippen molar-refractivity contribution in [1.82, 2.24) is 9.78 Å². The van der Waals surface area contributed by atoms with Gasteiger partial charge in [0.15, 0.2) is 11.4 Å². The van der Waals surface area contributed by atoms with E-state index in [9.17, 15) is 14.7 Å². The molecule has 0 aliphatic rings. The van der Waals surface area contributed by atoms with Crippen LogP contribution in [0.25, 0.3) is 5.69 Å². The average Bonchev–Trinajstić information content (AvgIpc) is 2.58. The number of nitrogens with zero attached hydrogens (tertiary/aromatic N) is 2. The van der Waals surface area contributed by atoms with Crippen LogP contribution < -0.4 is 10.9 Å². The van der Waals surface area contributed by atoms with E-state index in [1.54, 1.807) is 48.5 Å². The summed E-state index contributed by atoms with van der Waals surface area (Å²) >= 11 is 6.62. The fourth-order valence-electron chi connectivity index (χ4n) is 2.10. The molecule has 2 N–H and O–H groups in total. The second-order valence-electron chi connectivity index (χ2n) is 5.07. The summed E-state index contributed by atoms with van der Waals surface area (Å²) in [5.41, 5.74) is 0.229. The molecule has 3 rings (SSSR count). The molecule has 0 fully saturated rings. The summed E-state index contributed by atoms with van der Waals surface area (Å²) in [7, 11) is 0. The molecule has 0 saturated carbocycles. The average molecular weight is 465 g/mol. The van der Waals surface area contributed by atoms with Gasteiger partial charge in [0.25, 0.3) is 11.5 Å². The Morgan fingerprint density at radius 3 is 2.16 bits per heavy atom. The minimum atomic E-state index is -0.620. The molecule has 0 atom stereocenters. The summed E-state index contributed by atoms with van der Waals surface area (Å²) < 4.78 is 2.77. The third-order valence-corrected chi connectivity index (χ3v) is 4.36. The van der Waals surface area contributed by atoms with Crippen molar-refractivity contribution in [2.45, 2.75) is 0 Å². The smallest absolute Gasteiger partial charge is 0.279 e. The minimum Gasteiger partial charge on any atom is -0.505 e. The highest BCUT2D eigenvalue weighted by Gasteiger charge is 2.17. The number of carbonyl (C=O) groups is 1. The standard InChI is InChI=1S/C17H11Br2N3O3/c18-10-1-5-12(6-2-10)20-17(25)16-14(23)9-15(24)22(21-16)13-7-3-11(19)4-8-13/h1-9,23H,(H,20,25). The molecule has 0 radical (unpaired) electrons. The van der Waals surface area contributed by atoms with Crippen molar-refractivity contribution in [2.75, 3.05) is 5.32 Å². The number of hydrogen-bond acceptors (Lipinski definition) is 4. The van der Waals surface area contributed by atoms with Crippen molar-refractivity contribution in [3.63, 3.8) is 0 Å². The van der Waals surface area contributed by atoms with Crippen molar-refractivity contribution < 1.29 is 9.90 Å². The summed E-state index contributed by atoms with van der Waals surface area (Å²) in [4.78, 5) is 24.5. The first-order chi connectivity index (χ1) is 11.9. The van der Waals surface area contributed by atoms with Gasteiger partial charge in [0.1, 0.15) is 0 Å². The molecule has 0 saturated heterocycles. The second kappa shape index (κ2) is 7.20. The highest BCUT2D eigenvalue weighted by atomic mass is 79.9. The van der Waals surface area contributed by atoms with Crippen LogP contribution in [0.1, 0.15) is 10.5 Å². The number of aromatic nitrogens is 2. The van der Waals surface area contributed by atoms with Crippen molar-refractivity contribution in [1.29, 1.82) is 0 Å². The number of nitrogens with one attached hydrogen (secondary N) is 1. The molecule has 8 heteroatoms. The largest absolute Gasteiger partial charge is 0.505 e. The van der Waals surface area contributed by atoms with Gasteiger partial charge in [0, 0.05) is 20.7 Å². The monoisotopic (exact) mass is 463 g/mol. The third-order valence-electron chi connectivity index (χ3n) is 3.30. The molecule has 2 aromatic carbocycles. The number of benzene rings is 2. The van der Waals surface area contributed by atoms with Gasteiger partial charge in [-0.1, -0.05) is 31.9 Å². The van der Waals surface area contributed by atoms with E-state index < -0.39 is 17.2 Å². The van der Waals surface area contributed by atoms with E-state index in [0.717, 1.165) is 19.7 Å². The fourth-order valence-corrected chi connectivity index (χ4v) is 2.63. The van der Waals surface area contributed by atoms with E-state index in [0.29, 0.717) is 11.4 Å². The molecule has 126 valence electrons. The summed E-state index contributed by atoms with van der Waals surface area (Å²) in [6.07, 6.45) is 0. The molecule has 1 heterocycles. The number of amides is 1. The van der Waals surface area contributed by atoms with Crippen molar-refractivity contribution >= 4 is 43.5 Å². The minimum absolute atomic E-state index is 0.245. The highest BCUT2D eigenvalue weighted by molar-refractivity contribution is 9.10. The van der Waals surface area contributed by atoms with E-state index in [1.165, 1.54) is 0 Å². The Labute approximate surface area is 159 Å². The van der Waals surface area contributed by atoms with Gasteiger partial charge in [0.2, 0.25) is 0 Å². The first-order valence-electron chi connectivity index (χ1n) is 7.10. The highest BCUT2D eigenvalue weighted by Crippen LogP contribution is 2.18. The van der Waals surface area contributed by atoms with Gasteiger partial charge >= 0.3 is 0 Å². The lowest BCUT2D eigenvalue weighted by Crippen LogP contribution is -2.25. The maximum absolute atomic E-state index is 12.4. The SMILES string of the molecule is O=C(Nc1ccc(Br)cc1)c1nn(-c2ccc(Br)cc2)c(=O)cc1O. The molecule has 6 nitrogen and oxygen atoms in total. The quantitative estimate of drug-likeness (QED) is 0.618. The van der Waals surface area contributed by atoms with Crippen LogP contribution in [-0.2, 0) is 0 Å². The Kier molecular flexibility index (Phi) is 5.00. The number of hydrogen-bond donors (Lipinski definition) is 2. The van der Waals surface area contributed by atoms with Crippen molar-refractivity contribution in [2.24, 2.45) is 0 Å². The van der Waals surface area contributed by atoms with Crippen LogP contribution >= 0.6 is 31.9 Å². The number of carbonyl (C=O) groups excluding carboxylic acids is 1. The molecule has 0 spiro atoms. The molecule has 0 unspecified atom stereocenters. The maximum Gasteiger partial charge on any atom is 0.279 e. The Balaban J connectivity index is 1.97. The van der Waals surface area contributed by atoms with E-state index in [-0.39, 0.29) is 5.69 Å². The predicted molar refractivity (Wildman–Crippen MR) is 101 cm³/mol. The topological polar surface area (TPSA) is 84.2 Å². The van der Waals surface area contributed by atoms with Crippen LogP contribution in [0.3, 0.4) is 0 Å². The van der Waals surface area contributed by atoms with Crippen LogP contribution in [0, 0.1) is 0 Å². The fraction of sp³-hybridized carbons (Fsp3) is 0. The zero-order valence-electron chi connectivity index (χ0n) is 12.6. The summed E-state index contributed by atoms with van der Waals surface area (Å²) in [6, 6.07) is 14.7. The van der Waals surface area contributed by atoms with Crippen LogP contribution in [0.5, 0.6) is 5.75 Å². The molecule has 1 amide bonds. The van der Waals surface area contributed by atoms with Gasteiger partial charge < -0.3 is 10.4 Å². The van der Waals surface area contributed by atoms with E-state index in [2.05, 4.69) is 42.3 Å². The lowest BCUT2D eigenvalue weighted by molar-refractivity contribution is 0.101. The third kappa shape index (κ3) is 3.97. The van der Waals surface area contributed by atoms with Crippen LogP contribution in [0.15, 0.2) is 68.3 Å². The molecular formula is C17H11Br2N3O3. The van der Waals surface area contributed by atoms with Crippen molar-refractivity contribution in [3.05, 3.63) is 79.6 Å². The zero-order valence-corrected chi connectivity index (χ0v) is 15.8. The van der Waals surface area contributed by atoms with Gasteiger partial charge in [-0.3, -0.25) is 9.59 Å². The summed E-state index contributed by atoms with van der Waals surface area (Å²) in [5, 5.41) is 16.6. The normalized spacial score (nSPS) is 10.5. The van der Waals surface area contributed by atoms with Gasteiger partial charge in [-0.25, -0.2) is 0 Å². The molecule has 1 aromatic heterocycles. The molecular weight excluding hydrogens is 454 g/mol. The van der Waals surface area contributed by atoms with E-state index in [4.69, 9.17) is 0 Å². The number of halogens is 2. The van der Waals surface area contributed by atoms with E-state index in [1.807, 2.05) is 0 Å². The number of aromatic hydroxyl groups is 1. The van der Waals surface area contributed by atoms with E-state index >= 15 is 0 Å². The Morgan fingerprint density at radius 1 is 1.00 bits per heavy atom. The maximum atomic E-state index is 12.4. The first kappa shape index (κ1) is 17.4. The molecule has 0 aliphatic carbocycles. The lowest BCUT2D eigenvalue weighted by Gasteiger charge is -2.09. The van der Waals surface area contributed by atoms with Gasteiger partial charge in [0.05, 0.1) is 5.69 Å². The van der Waals surface area contributed by atoms with Gasteiger partial charge in [-0.15, -0.1) is 0 Å². The van der Waals surface area contributed by atoms with Gasteiger partial charge in [-0.2, -0.15) is 9.78 Å². The Morgan fingerprint density at radius 2 is 1.56 bits per heavy atom. The zero-order chi connectivity index (χ0) is 18.0. The second-order valence-corrected chi connectivity index (χ2v) is 6.90. The summed E-state index contributed by atoms with van der Waals surface area (Å²) in [5.74, 6) is -1.10. The van der Waals surface area contributed by atoms with Crippen LogP contribution in [-0.4, -0.2) is 20.8 Å². The van der Waals surface area contributed by atoms with Crippen LogP contribution in [0.4, 0.5) is 5.69 Å². The predicted octanol–water partition coefficient (Wildman–Crippen LogP) is 3.72. The van der Waals surface area contributed by atoms with Crippen molar-refractivity contribution in [3.8, 4) is 11.4 Å². The Bertz CT molecular complexity index is 984.